The first kappa shape index (κ1) is 16.8. The van der Waals surface area contributed by atoms with E-state index in [1.165, 1.54) is 25.3 Å². The van der Waals surface area contributed by atoms with Gasteiger partial charge < -0.3 is 15.2 Å². The van der Waals surface area contributed by atoms with Gasteiger partial charge >= 0.3 is 5.97 Å². The van der Waals surface area contributed by atoms with Crippen molar-refractivity contribution in [2.24, 2.45) is 0 Å². The highest BCUT2D eigenvalue weighted by Gasteiger charge is 2.13. The van der Waals surface area contributed by atoms with Crippen molar-refractivity contribution < 1.29 is 19.4 Å². The molecule has 0 saturated heterocycles. The molecule has 0 spiro atoms. The van der Waals surface area contributed by atoms with Gasteiger partial charge in [0.1, 0.15) is 23.0 Å². The van der Waals surface area contributed by atoms with Crippen LogP contribution in [-0.2, 0) is 4.79 Å². The minimum absolute atomic E-state index is 0.0491. The number of nitriles is 1. The van der Waals surface area contributed by atoms with Gasteiger partial charge in [-0.25, -0.2) is 4.79 Å². The lowest BCUT2D eigenvalue weighted by Gasteiger charge is -2.06. The lowest BCUT2D eigenvalue weighted by molar-refractivity contribution is -0.112. The molecule has 2 N–H and O–H groups in total. The Balaban J connectivity index is 2.30. The van der Waals surface area contributed by atoms with Crippen molar-refractivity contribution in [2.45, 2.75) is 0 Å². The Labute approximate surface area is 138 Å². The summed E-state index contributed by atoms with van der Waals surface area (Å²) in [5, 5.41) is 21.0. The largest absolute Gasteiger partial charge is 0.496 e. The molecule has 2 rings (SSSR count). The fourth-order valence-corrected chi connectivity index (χ4v) is 2.02. The SMILES string of the molecule is COc1ccc(/C=C(/C#N)C(=O)Nc2ccccc2)cc1C(=O)O. The second-order valence-electron chi connectivity index (χ2n) is 4.75. The van der Waals surface area contributed by atoms with Crippen LogP contribution < -0.4 is 10.1 Å². The number of benzene rings is 2. The molecule has 6 nitrogen and oxygen atoms in total. The van der Waals surface area contributed by atoms with E-state index in [-0.39, 0.29) is 16.9 Å². The Morgan fingerprint density at radius 2 is 1.92 bits per heavy atom. The van der Waals surface area contributed by atoms with E-state index in [9.17, 15) is 20.0 Å². The molecule has 24 heavy (non-hydrogen) atoms. The molecule has 0 atom stereocenters. The summed E-state index contributed by atoms with van der Waals surface area (Å²) in [5.41, 5.74) is 0.782. The van der Waals surface area contributed by atoms with Gasteiger partial charge in [0.15, 0.2) is 0 Å². The average Bonchev–Trinajstić information content (AvgIpc) is 2.60. The van der Waals surface area contributed by atoms with E-state index in [0.29, 0.717) is 11.3 Å². The summed E-state index contributed by atoms with van der Waals surface area (Å²) < 4.78 is 4.97. The highest BCUT2D eigenvalue weighted by Crippen LogP contribution is 2.21. The topological polar surface area (TPSA) is 99.4 Å². The Morgan fingerprint density at radius 1 is 1.21 bits per heavy atom. The van der Waals surface area contributed by atoms with Crippen LogP contribution in [0.1, 0.15) is 15.9 Å². The Hall–Kier alpha value is -3.59. The van der Waals surface area contributed by atoms with E-state index in [0.717, 1.165) is 0 Å². The van der Waals surface area contributed by atoms with Gasteiger partial charge in [-0.05, 0) is 35.9 Å². The van der Waals surface area contributed by atoms with E-state index >= 15 is 0 Å². The van der Waals surface area contributed by atoms with Crippen LogP contribution in [0.5, 0.6) is 5.75 Å². The quantitative estimate of drug-likeness (QED) is 0.651. The number of carbonyl (C=O) groups is 2. The third-order valence-corrected chi connectivity index (χ3v) is 3.16. The number of aromatic carboxylic acids is 1. The average molecular weight is 322 g/mol. The molecule has 1 amide bonds. The smallest absolute Gasteiger partial charge is 0.339 e. The highest BCUT2D eigenvalue weighted by atomic mass is 16.5. The summed E-state index contributed by atoms with van der Waals surface area (Å²) >= 11 is 0. The second-order valence-corrected chi connectivity index (χ2v) is 4.75. The van der Waals surface area contributed by atoms with E-state index in [1.807, 2.05) is 12.1 Å². The van der Waals surface area contributed by atoms with Crippen LogP contribution in [-0.4, -0.2) is 24.1 Å². The van der Waals surface area contributed by atoms with Gasteiger partial charge in [0, 0.05) is 5.69 Å². The molecule has 2 aromatic carbocycles. The number of ether oxygens (including phenoxy) is 1. The van der Waals surface area contributed by atoms with Crippen LogP contribution in [0.2, 0.25) is 0 Å². The minimum atomic E-state index is -1.16. The maximum Gasteiger partial charge on any atom is 0.339 e. The fourth-order valence-electron chi connectivity index (χ4n) is 2.02. The van der Waals surface area contributed by atoms with Crippen molar-refractivity contribution >= 4 is 23.6 Å². The molecule has 0 aliphatic heterocycles. The first-order chi connectivity index (χ1) is 11.5. The molecule has 120 valence electrons. The van der Waals surface area contributed by atoms with Crippen LogP contribution in [0.4, 0.5) is 5.69 Å². The zero-order chi connectivity index (χ0) is 17.5. The Morgan fingerprint density at radius 3 is 2.50 bits per heavy atom. The molecule has 0 unspecified atom stereocenters. The lowest BCUT2D eigenvalue weighted by Crippen LogP contribution is -2.13. The van der Waals surface area contributed by atoms with E-state index in [2.05, 4.69) is 5.32 Å². The number of para-hydroxylation sites is 1. The fraction of sp³-hybridized carbons (Fsp3) is 0.0556. The summed E-state index contributed by atoms with van der Waals surface area (Å²) in [6.07, 6.45) is 1.32. The number of methoxy groups -OCH3 is 1. The van der Waals surface area contributed by atoms with Crippen molar-refractivity contribution in [1.82, 2.24) is 0 Å². The van der Waals surface area contributed by atoms with Crippen LogP contribution in [0, 0.1) is 11.3 Å². The zero-order valence-electron chi connectivity index (χ0n) is 12.8. The lowest BCUT2D eigenvalue weighted by atomic mass is 10.1. The maximum absolute atomic E-state index is 12.1. The van der Waals surface area contributed by atoms with Gasteiger partial charge in [-0.1, -0.05) is 24.3 Å². The van der Waals surface area contributed by atoms with Crippen molar-refractivity contribution in [3.05, 3.63) is 65.2 Å². The predicted octanol–water partition coefficient (Wildman–Crippen LogP) is 2.94. The first-order valence-corrected chi connectivity index (χ1v) is 6.94. The standard InChI is InChI=1S/C18H14N2O4/c1-24-16-8-7-12(10-15(16)18(22)23)9-13(11-19)17(21)20-14-5-3-2-4-6-14/h2-10H,1H3,(H,20,21)(H,22,23)/b13-9-. The molecule has 0 saturated carbocycles. The van der Waals surface area contributed by atoms with Crippen LogP contribution in [0.25, 0.3) is 6.08 Å². The Kier molecular flexibility index (Phi) is 5.32. The van der Waals surface area contributed by atoms with Gasteiger partial charge in [0.2, 0.25) is 0 Å². The van der Waals surface area contributed by atoms with Gasteiger partial charge in [-0.2, -0.15) is 5.26 Å². The monoisotopic (exact) mass is 322 g/mol. The maximum atomic E-state index is 12.1. The summed E-state index contributed by atoms with van der Waals surface area (Å²) in [4.78, 5) is 23.4. The molecule has 0 aliphatic rings. The van der Waals surface area contributed by atoms with Crippen molar-refractivity contribution in [1.29, 1.82) is 5.26 Å². The molecule has 2 aromatic rings. The molecular formula is C18H14N2O4. The molecule has 0 bridgehead atoms. The summed E-state index contributed by atoms with van der Waals surface area (Å²) in [6.45, 7) is 0. The highest BCUT2D eigenvalue weighted by molar-refractivity contribution is 6.09. The number of amides is 1. The number of carbonyl (C=O) groups excluding carboxylic acids is 1. The van der Waals surface area contributed by atoms with E-state index in [4.69, 9.17) is 4.74 Å². The van der Waals surface area contributed by atoms with E-state index < -0.39 is 11.9 Å². The number of hydrogen-bond acceptors (Lipinski definition) is 4. The molecule has 0 fully saturated rings. The van der Waals surface area contributed by atoms with Crippen LogP contribution in [0.15, 0.2) is 54.1 Å². The predicted molar refractivity (Wildman–Crippen MR) is 88.6 cm³/mol. The Bertz CT molecular complexity index is 836. The number of hydrogen-bond donors (Lipinski definition) is 2. The summed E-state index contributed by atoms with van der Waals surface area (Å²) in [6, 6.07) is 14.9. The normalized spacial score (nSPS) is 10.6. The number of nitrogens with zero attached hydrogens (tertiary/aromatic N) is 1. The van der Waals surface area contributed by atoms with Crippen molar-refractivity contribution in [3.63, 3.8) is 0 Å². The van der Waals surface area contributed by atoms with Crippen LogP contribution >= 0.6 is 0 Å². The molecule has 0 aliphatic carbocycles. The zero-order valence-corrected chi connectivity index (χ0v) is 12.8. The minimum Gasteiger partial charge on any atom is -0.496 e. The third-order valence-electron chi connectivity index (χ3n) is 3.16. The molecular weight excluding hydrogens is 308 g/mol. The number of carboxylic acids is 1. The molecule has 6 heteroatoms. The van der Waals surface area contributed by atoms with Crippen LogP contribution in [0.3, 0.4) is 0 Å². The van der Waals surface area contributed by atoms with Crippen molar-refractivity contribution in [3.8, 4) is 11.8 Å². The summed E-state index contributed by atoms with van der Waals surface area (Å²) in [5.74, 6) is -1.53. The first-order valence-electron chi connectivity index (χ1n) is 6.94. The second kappa shape index (κ2) is 7.61. The molecule has 0 radical (unpaired) electrons. The molecule has 0 aromatic heterocycles. The van der Waals surface area contributed by atoms with Gasteiger partial charge in [-0.3, -0.25) is 4.79 Å². The number of carboxylic acid groups (broad SMARTS) is 1. The number of anilines is 1. The van der Waals surface area contributed by atoms with Gasteiger partial charge in [0.25, 0.3) is 5.91 Å². The van der Waals surface area contributed by atoms with Gasteiger partial charge in [-0.15, -0.1) is 0 Å². The summed E-state index contributed by atoms with van der Waals surface area (Å²) in [7, 11) is 1.37. The third kappa shape index (κ3) is 3.99. The van der Waals surface area contributed by atoms with Gasteiger partial charge in [0.05, 0.1) is 7.11 Å². The van der Waals surface area contributed by atoms with Crippen molar-refractivity contribution in [2.75, 3.05) is 12.4 Å². The number of nitrogens with one attached hydrogen (secondary N) is 1. The molecule has 0 heterocycles. The van der Waals surface area contributed by atoms with E-state index in [1.54, 1.807) is 30.3 Å². The number of rotatable bonds is 5.